The molecule has 2 aromatic rings. The fraction of sp³-hybridized carbons (Fsp3) is 0.294. The van der Waals surface area contributed by atoms with Crippen LogP contribution in [0.3, 0.4) is 0 Å². The minimum absolute atomic E-state index is 0.340. The molecule has 0 bridgehead atoms. The van der Waals surface area contributed by atoms with E-state index in [-0.39, 0.29) is 5.97 Å². The lowest BCUT2D eigenvalue weighted by Crippen LogP contribution is -1.99. The molecule has 104 valence electrons. The fourth-order valence-corrected chi connectivity index (χ4v) is 2.44. The highest BCUT2D eigenvalue weighted by atomic mass is 16.5. The molecule has 0 unspecified atom stereocenters. The van der Waals surface area contributed by atoms with Crippen molar-refractivity contribution in [2.24, 2.45) is 0 Å². The maximum absolute atomic E-state index is 11.3. The molecule has 0 spiro atoms. The molecule has 1 aromatic carbocycles. The standard InChI is InChI=1S/C17H19NO2/c1-5-20-16(19)7-6-14-10-13(4)17-12(3)8-11(2)9-15(17)18-14/h6-10H,5H2,1-4H3/b7-6+. The maximum Gasteiger partial charge on any atom is 0.330 e. The summed E-state index contributed by atoms with van der Waals surface area (Å²) in [5, 5.41) is 1.18. The first-order valence-corrected chi connectivity index (χ1v) is 6.74. The summed E-state index contributed by atoms with van der Waals surface area (Å²) < 4.78 is 4.87. The topological polar surface area (TPSA) is 39.2 Å². The number of aromatic nitrogens is 1. The van der Waals surface area contributed by atoms with Gasteiger partial charge in [0, 0.05) is 11.5 Å². The van der Waals surface area contributed by atoms with Crippen molar-refractivity contribution in [3.8, 4) is 0 Å². The molecule has 0 saturated carbocycles. The lowest BCUT2D eigenvalue weighted by molar-refractivity contribution is -0.137. The molecule has 0 atom stereocenters. The number of nitrogens with zero attached hydrogens (tertiary/aromatic N) is 1. The van der Waals surface area contributed by atoms with E-state index < -0.39 is 0 Å². The van der Waals surface area contributed by atoms with Crippen LogP contribution in [0.5, 0.6) is 0 Å². The lowest BCUT2D eigenvalue weighted by Gasteiger charge is -2.08. The number of carbonyl (C=O) groups excluding carboxylic acids is 1. The summed E-state index contributed by atoms with van der Waals surface area (Å²) in [5.74, 6) is -0.340. The van der Waals surface area contributed by atoms with Crippen LogP contribution >= 0.6 is 0 Å². The van der Waals surface area contributed by atoms with Gasteiger partial charge in [-0.3, -0.25) is 0 Å². The van der Waals surface area contributed by atoms with Crippen molar-refractivity contribution in [3.63, 3.8) is 0 Å². The van der Waals surface area contributed by atoms with Crippen LogP contribution < -0.4 is 0 Å². The van der Waals surface area contributed by atoms with E-state index in [0.29, 0.717) is 6.61 Å². The quantitative estimate of drug-likeness (QED) is 0.629. The summed E-state index contributed by atoms with van der Waals surface area (Å²) in [5.41, 5.74) is 5.31. The predicted octanol–water partition coefficient (Wildman–Crippen LogP) is 3.74. The number of ether oxygens (including phenoxy) is 1. The van der Waals surface area contributed by atoms with Gasteiger partial charge in [-0.15, -0.1) is 0 Å². The molecule has 3 heteroatoms. The summed E-state index contributed by atoms with van der Waals surface area (Å²) in [6.45, 7) is 8.39. The minimum Gasteiger partial charge on any atom is -0.463 e. The van der Waals surface area contributed by atoms with E-state index in [2.05, 4.69) is 37.9 Å². The van der Waals surface area contributed by atoms with E-state index in [4.69, 9.17) is 4.74 Å². The van der Waals surface area contributed by atoms with Gasteiger partial charge in [0.1, 0.15) is 0 Å². The highest BCUT2D eigenvalue weighted by Gasteiger charge is 2.05. The molecule has 0 aliphatic heterocycles. The van der Waals surface area contributed by atoms with Crippen molar-refractivity contribution in [3.05, 3.63) is 46.7 Å². The second kappa shape index (κ2) is 5.87. The van der Waals surface area contributed by atoms with Crippen molar-refractivity contribution in [1.82, 2.24) is 4.98 Å². The fourth-order valence-electron chi connectivity index (χ4n) is 2.44. The van der Waals surface area contributed by atoms with E-state index in [0.717, 1.165) is 16.8 Å². The summed E-state index contributed by atoms with van der Waals surface area (Å²) in [4.78, 5) is 15.9. The van der Waals surface area contributed by atoms with Crippen molar-refractivity contribution < 1.29 is 9.53 Å². The van der Waals surface area contributed by atoms with Crippen LogP contribution in [0.15, 0.2) is 24.3 Å². The molecule has 3 nitrogen and oxygen atoms in total. The number of hydrogen-bond acceptors (Lipinski definition) is 3. The zero-order chi connectivity index (χ0) is 14.7. The summed E-state index contributed by atoms with van der Waals surface area (Å²) in [6.07, 6.45) is 3.11. The van der Waals surface area contributed by atoms with Gasteiger partial charge in [0.05, 0.1) is 17.8 Å². The third-order valence-electron chi connectivity index (χ3n) is 3.14. The number of aryl methyl sites for hydroxylation is 3. The van der Waals surface area contributed by atoms with Gasteiger partial charge in [0.2, 0.25) is 0 Å². The zero-order valence-corrected chi connectivity index (χ0v) is 12.4. The monoisotopic (exact) mass is 269 g/mol. The van der Waals surface area contributed by atoms with Crippen molar-refractivity contribution in [2.45, 2.75) is 27.7 Å². The van der Waals surface area contributed by atoms with Gasteiger partial charge in [0.25, 0.3) is 0 Å². The largest absolute Gasteiger partial charge is 0.463 e. The molecular weight excluding hydrogens is 250 g/mol. The van der Waals surface area contributed by atoms with E-state index in [1.54, 1.807) is 13.0 Å². The summed E-state index contributed by atoms with van der Waals surface area (Å²) in [7, 11) is 0. The van der Waals surface area contributed by atoms with Gasteiger partial charge in [-0.05, 0) is 62.6 Å². The summed E-state index contributed by atoms with van der Waals surface area (Å²) >= 11 is 0. The molecule has 0 saturated heterocycles. The molecule has 0 fully saturated rings. The van der Waals surface area contributed by atoms with E-state index >= 15 is 0 Å². The normalized spacial score (nSPS) is 11.2. The van der Waals surface area contributed by atoms with Crippen LogP contribution in [0, 0.1) is 20.8 Å². The Morgan fingerprint density at radius 2 is 1.90 bits per heavy atom. The van der Waals surface area contributed by atoms with Gasteiger partial charge in [0.15, 0.2) is 0 Å². The third-order valence-corrected chi connectivity index (χ3v) is 3.14. The molecule has 1 aromatic heterocycles. The number of pyridine rings is 1. The van der Waals surface area contributed by atoms with Gasteiger partial charge < -0.3 is 4.74 Å². The number of esters is 1. The molecule has 0 aliphatic rings. The molecule has 0 amide bonds. The van der Waals surface area contributed by atoms with Gasteiger partial charge in [-0.2, -0.15) is 0 Å². The second-order valence-corrected chi connectivity index (χ2v) is 4.93. The van der Waals surface area contributed by atoms with Crippen molar-refractivity contribution >= 4 is 22.9 Å². The lowest BCUT2D eigenvalue weighted by atomic mass is 10.0. The van der Waals surface area contributed by atoms with Crippen LogP contribution in [0.25, 0.3) is 17.0 Å². The number of fused-ring (bicyclic) bond motifs is 1. The SMILES string of the molecule is CCOC(=O)/C=C/c1cc(C)c2c(C)cc(C)cc2n1. The molecular formula is C17H19NO2. The number of hydrogen-bond donors (Lipinski definition) is 0. The minimum atomic E-state index is -0.340. The molecule has 20 heavy (non-hydrogen) atoms. The first-order chi connectivity index (χ1) is 9.51. The van der Waals surface area contributed by atoms with Crippen molar-refractivity contribution in [1.29, 1.82) is 0 Å². The van der Waals surface area contributed by atoms with Crippen LogP contribution in [-0.2, 0) is 9.53 Å². The van der Waals surface area contributed by atoms with Crippen LogP contribution in [0.1, 0.15) is 29.3 Å². The Hall–Kier alpha value is -2.16. The van der Waals surface area contributed by atoms with Gasteiger partial charge >= 0.3 is 5.97 Å². The Morgan fingerprint density at radius 1 is 1.20 bits per heavy atom. The average Bonchev–Trinajstić information content (AvgIpc) is 2.35. The van der Waals surface area contributed by atoms with Crippen molar-refractivity contribution in [2.75, 3.05) is 6.61 Å². The molecule has 0 N–H and O–H groups in total. The van der Waals surface area contributed by atoms with Gasteiger partial charge in [-0.1, -0.05) is 6.07 Å². The molecule has 0 radical (unpaired) electrons. The van der Waals surface area contributed by atoms with E-state index in [9.17, 15) is 4.79 Å². The first-order valence-electron chi connectivity index (χ1n) is 6.74. The Kier molecular flexibility index (Phi) is 4.18. The average molecular weight is 269 g/mol. The molecule has 2 rings (SSSR count). The first kappa shape index (κ1) is 14.3. The number of benzene rings is 1. The van der Waals surface area contributed by atoms with Gasteiger partial charge in [-0.25, -0.2) is 9.78 Å². The van der Waals surface area contributed by atoms with E-state index in [1.807, 2.05) is 6.07 Å². The Balaban J connectivity index is 2.45. The predicted molar refractivity (Wildman–Crippen MR) is 81.6 cm³/mol. The maximum atomic E-state index is 11.3. The zero-order valence-electron chi connectivity index (χ0n) is 12.4. The Morgan fingerprint density at radius 3 is 2.60 bits per heavy atom. The Labute approximate surface area is 119 Å². The number of rotatable bonds is 3. The smallest absolute Gasteiger partial charge is 0.330 e. The van der Waals surface area contributed by atoms with Crippen LogP contribution in [0.4, 0.5) is 0 Å². The third kappa shape index (κ3) is 3.05. The van der Waals surface area contributed by atoms with Crippen LogP contribution in [-0.4, -0.2) is 17.6 Å². The Bertz CT molecular complexity index is 687. The summed E-state index contributed by atoms with van der Waals surface area (Å²) in [6, 6.07) is 6.21. The highest BCUT2D eigenvalue weighted by Crippen LogP contribution is 2.23. The molecule has 0 aliphatic carbocycles. The second-order valence-electron chi connectivity index (χ2n) is 4.93. The van der Waals surface area contributed by atoms with E-state index in [1.165, 1.54) is 22.6 Å². The number of carbonyl (C=O) groups is 1. The van der Waals surface area contributed by atoms with Crippen LogP contribution in [0.2, 0.25) is 0 Å². The molecule has 1 heterocycles. The highest BCUT2D eigenvalue weighted by molar-refractivity contribution is 5.89.